The number of aliphatic carboxylic acids is 2. The van der Waals surface area contributed by atoms with E-state index in [0.717, 1.165) is 0 Å². The average molecular weight is 550 g/mol. The van der Waals surface area contributed by atoms with Crippen LogP contribution in [-0.2, 0) is 27.4 Å². The first-order chi connectivity index (χ1) is 17.3. The molecule has 0 unspecified atom stereocenters. The number of nitrogens with zero attached hydrogens (tertiary/aromatic N) is 1. The van der Waals surface area contributed by atoms with Crippen LogP contribution < -0.4 is 4.74 Å². The quantitative estimate of drug-likeness (QED) is 0.400. The molecule has 0 radical (unpaired) electrons. The van der Waals surface area contributed by atoms with Crippen LogP contribution in [0.3, 0.4) is 0 Å². The lowest BCUT2D eigenvalue weighted by molar-refractivity contribution is -0.170. The van der Waals surface area contributed by atoms with Crippen molar-refractivity contribution in [2.45, 2.75) is 59.1 Å². The Hall–Kier alpha value is -2.77. The van der Waals surface area contributed by atoms with E-state index >= 15 is 0 Å². The van der Waals surface area contributed by atoms with Gasteiger partial charge in [-0.2, -0.15) is 0 Å². The molecule has 0 aromatic heterocycles. The highest BCUT2D eigenvalue weighted by molar-refractivity contribution is 6.35. The largest absolute Gasteiger partial charge is 0.489 e. The predicted octanol–water partition coefficient (Wildman–Crippen LogP) is 5.94. The molecule has 3 rings (SSSR count). The molecular weight excluding hydrogens is 517 g/mol. The third-order valence-electron chi connectivity index (χ3n) is 8.13. The summed E-state index contributed by atoms with van der Waals surface area (Å²) in [5, 5.41) is 20.8. The Bertz CT molecular complexity index is 1150. The number of rotatable bonds is 9. The van der Waals surface area contributed by atoms with Crippen molar-refractivity contribution in [2.24, 2.45) is 16.7 Å². The van der Waals surface area contributed by atoms with Crippen molar-refractivity contribution in [3.05, 3.63) is 63.6 Å². The minimum absolute atomic E-state index is 0.0948. The molecule has 0 bridgehead atoms. The van der Waals surface area contributed by atoms with E-state index in [4.69, 9.17) is 27.9 Å². The molecule has 0 aliphatic heterocycles. The fraction of sp³-hybridized carbons (Fsp3) is 0.464. The van der Waals surface area contributed by atoms with Gasteiger partial charge < -0.3 is 19.8 Å². The smallest absolute Gasteiger partial charge is 0.326 e. The zero-order chi connectivity index (χ0) is 27.5. The molecule has 1 saturated carbocycles. The van der Waals surface area contributed by atoms with Gasteiger partial charge in [0.2, 0.25) is 5.91 Å². The molecule has 2 aromatic rings. The first-order valence-electron chi connectivity index (χ1n) is 12.2. The lowest BCUT2D eigenvalue weighted by atomic mass is 9.53. The lowest BCUT2D eigenvalue weighted by Gasteiger charge is -2.50. The molecule has 200 valence electrons. The van der Waals surface area contributed by atoms with E-state index in [1.165, 1.54) is 11.9 Å². The third-order valence-corrected chi connectivity index (χ3v) is 8.84. The van der Waals surface area contributed by atoms with Crippen molar-refractivity contribution in [3.8, 4) is 5.75 Å². The number of carbonyl (C=O) groups is 3. The third kappa shape index (κ3) is 5.88. The standard InChI is InChI=1S/C28H33Cl2NO6/c1-27(2)20(7-6-14-28(27,3)26(35)36)24(32)31(4)23(25(33)34)15-17-10-12-18(13-11-17)37-16-19-21(29)8-5-9-22(19)30/h5,8-13,20,23H,6-7,14-16H2,1-4H3,(H,33,34)(H,35,36)/t20-,23+,28+/m1/s1. The molecule has 1 amide bonds. The van der Waals surface area contributed by atoms with Crippen molar-refractivity contribution >= 4 is 41.0 Å². The van der Waals surface area contributed by atoms with Gasteiger partial charge in [0, 0.05) is 35.0 Å². The molecule has 9 heteroatoms. The van der Waals surface area contributed by atoms with Crippen LogP contribution in [0.4, 0.5) is 0 Å². The summed E-state index contributed by atoms with van der Waals surface area (Å²) in [7, 11) is 1.48. The van der Waals surface area contributed by atoms with Crippen LogP contribution >= 0.6 is 23.2 Å². The van der Waals surface area contributed by atoms with Crippen molar-refractivity contribution < 1.29 is 29.3 Å². The molecule has 2 aromatic carbocycles. The Morgan fingerprint density at radius 2 is 1.65 bits per heavy atom. The molecule has 7 nitrogen and oxygen atoms in total. The minimum Gasteiger partial charge on any atom is -0.489 e. The summed E-state index contributed by atoms with van der Waals surface area (Å²) in [5.41, 5.74) is -0.524. The molecule has 0 saturated heterocycles. The fourth-order valence-corrected chi connectivity index (χ4v) is 5.61. The molecular formula is C28H33Cl2NO6. The number of amides is 1. The normalized spacial score (nSPS) is 21.6. The van der Waals surface area contributed by atoms with Gasteiger partial charge in [-0.15, -0.1) is 0 Å². The highest BCUT2D eigenvalue weighted by Crippen LogP contribution is 2.54. The highest BCUT2D eigenvalue weighted by atomic mass is 35.5. The number of likely N-dealkylation sites (N-methyl/N-ethyl adjacent to an activating group) is 1. The molecule has 1 fully saturated rings. The van der Waals surface area contributed by atoms with Gasteiger partial charge in [0.1, 0.15) is 18.4 Å². The minimum atomic E-state index is -1.13. The van der Waals surface area contributed by atoms with E-state index in [0.29, 0.717) is 46.2 Å². The van der Waals surface area contributed by atoms with E-state index in [-0.39, 0.29) is 18.9 Å². The second-order valence-electron chi connectivity index (χ2n) is 10.4. The Morgan fingerprint density at radius 1 is 1.05 bits per heavy atom. The zero-order valence-electron chi connectivity index (χ0n) is 21.5. The fourth-order valence-electron chi connectivity index (χ4n) is 5.10. The summed E-state index contributed by atoms with van der Waals surface area (Å²) in [6.07, 6.45) is 1.68. The van der Waals surface area contributed by atoms with Crippen molar-refractivity contribution in [1.29, 1.82) is 0 Å². The Labute approximate surface area is 227 Å². The number of carboxylic acid groups (broad SMARTS) is 2. The number of ether oxygens (including phenoxy) is 1. The van der Waals surface area contributed by atoms with E-state index in [2.05, 4.69) is 0 Å². The number of hydrogen-bond acceptors (Lipinski definition) is 4. The molecule has 0 spiro atoms. The first kappa shape index (κ1) is 28.8. The Morgan fingerprint density at radius 3 is 2.19 bits per heavy atom. The SMILES string of the molecule is CN(C(=O)[C@H]1CCC[C@@](C)(C(=O)O)C1(C)C)[C@@H](Cc1ccc(OCc2c(Cl)cccc2Cl)cc1)C(=O)O. The van der Waals surface area contributed by atoms with Gasteiger partial charge in [-0.25, -0.2) is 4.79 Å². The Kier molecular flexibility index (Phi) is 8.81. The average Bonchev–Trinajstić information content (AvgIpc) is 2.83. The van der Waals surface area contributed by atoms with E-state index < -0.39 is 34.7 Å². The molecule has 1 aliphatic carbocycles. The van der Waals surface area contributed by atoms with Crippen molar-refractivity contribution in [3.63, 3.8) is 0 Å². The van der Waals surface area contributed by atoms with E-state index in [9.17, 15) is 24.6 Å². The Balaban J connectivity index is 1.71. The topological polar surface area (TPSA) is 104 Å². The number of carboxylic acids is 2. The second kappa shape index (κ2) is 11.3. The van der Waals surface area contributed by atoms with Crippen LogP contribution in [0, 0.1) is 16.7 Å². The van der Waals surface area contributed by atoms with Crippen molar-refractivity contribution in [1.82, 2.24) is 4.90 Å². The number of benzene rings is 2. The summed E-state index contributed by atoms with van der Waals surface area (Å²) in [5.74, 6) is -2.44. The van der Waals surface area contributed by atoms with Crippen molar-refractivity contribution in [2.75, 3.05) is 7.05 Å². The first-order valence-corrected chi connectivity index (χ1v) is 12.9. The highest BCUT2D eigenvalue weighted by Gasteiger charge is 2.56. The second-order valence-corrected chi connectivity index (χ2v) is 11.3. The van der Waals surface area contributed by atoms with Crippen LogP contribution in [0.2, 0.25) is 10.0 Å². The van der Waals surface area contributed by atoms with Gasteiger partial charge in [-0.1, -0.05) is 61.7 Å². The number of halogens is 2. The van der Waals surface area contributed by atoms with Gasteiger partial charge in [0.05, 0.1) is 5.41 Å². The summed E-state index contributed by atoms with van der Waals surface area (Å²) in [6, 6.07) is 11.1. The molecule has 3 atom stereocenters. The maximum atomic E-state index is 13.5. The number of carbonyl (C=O) groups excluding carboxylic acids is 1. The maximum Gasteiger partial charge on any atom is 0.326 e. The van der Waals surface area contributed by atoms with E-state index in [1.807, 2.05) is 0 Å². The monoisotopic (exact) mass is 549 g/mol. The maximum absolute atomic E-state index is 13.5. The summed E-state index contributed by atoms with van der Waals surface area (Å²) >= 11 is 12.4. The molecule has 2 N–H and O–H groups in total. The van der Waals surface area contributed by atoms with Crippen LogP contribution in [0.5, 0.6) is 5.75 Å². The van der Waals surface area contributed by atoms with Gasteiger partial charge in [-0.3, -0.25) is 9.59 Å². The van der Waals surface area contributed by atoms with Gasteiger partial charge >= 0.3 is 11.9 Å². The van der Waals surface area contributed by atoms with Crippen LogP contribution in [0.1, 0.15) is 51.2 Å². The molecule has 37 heavy (non-hydrogen) atoms. The summed E-state index contributed by atoms with van der Waals surface area (Å²) < 4.78 is 5.79. The van der Waals surface area contributed by atoms with E-state index in [1.54, 1.807) is 63.2 Å². The molecule has 1 aliphatic rings. The summed E-state index contributed by atoms with van der Waals surface area (Å²) in [6.45, 7) is 5.44. The number of hydrogen-bond donors (Lipinski definition) is 2. The van der Waals surface area contributed by atoms with Gasteiger partial charge in [-0.05, 0) is 55.0 Å². The van der Waals surface area contributed by atoms with Gasteiger partial charge in [0.15, 0.2) is 0 Å². The molecule has 0 heterocycles. The van der Waals surface area contributed by atoms with Crippen LogP contribution in [0.25, 0.3) is 0 Å². The van der Waals surface area contributed by atoms with Crippen LogP contribution in [-0.4, -0.2) is 46.0 Å². The predicted molar refractivity (Wildman–Crippen MR) is 142 cm³/mol. The lowest BCUT2D eigenvalue weighted by Crippen LogP contribution is -2.56. The van der Waals surface area contributed by atoms with Crippen LogP contribution in [0.15, 0.2) is 42.5 Å². The zero-order valence-corrected chi connectivity index (χ0v) is 23.0. The summed E-state index contributed by atoms with van der Waals surface area (Å²) in [4.78, 5) is 39.0. The van der Waals surface area contributed by atoms with Gasteiger partial charge in [0.25, 0.3) is 0 Å².